The van der Waals surface area contributed by atoms with Crippen molar-refractivity contribution in [2.24, 2.45) is 0 Å². The molecule has 0 saturated carbocycles. The number of carbonyl (C=O) groups excluding carboxylic acids is 2. The van der Waals surface area contributed by atoms with E-state index in [1.165, 1.54) is 24.3 Å². The molecule has 2 aromatic carbocycles. The number of alkyl halides is 3. The molecule has 6 nitrogen and oxygen atoms in total. The molecule has 0 spiro atoms. The number of benzene rings is 2. The Morgan fingerprint density at radius 1 is 0.971 bits per heavy atom. The molecule has 0 saturated heterocycles. The van der Waals surface area contributed by atoms with E-state index in [0.29, 0.717) is 10.1 Å². The van der Waals surface area contributed by atoms with Crippen molar-refractivity contribution in [3.05, 3.63) is 93.9 Å². The van der Waals surface area contributed by atoms with Crippen LogP contribution in [0.5, 0.6) is 0 Å². The van der Waals surface area contributed by atoms with Crippen LogP contribution in [0.15, 0.2) is 60.7 Å². The molecule has 0 fully saturated rings. The number of aromatic nitrogens is 3. The first kappa shape index (κ1) is 24.4. The van der Waals surface area contributed by atoms with Gasteiger partial charge in [0, 0.05) is 27.6 Å². The Kier molecular flexibility index (Phi) is 6.14. The van der Waals surface area contributed by atoms with Crippen LogP contribution in [0.2, 0.25) is 5.02 Å². The molecule has 0 radical (unpaired) electrons. The highest BCUT2D eigenvalue weighted by molar-refractivity contribution is 6.31. The number of amides is 1. The molecule has 0 bridgehead atoms. The summed E-state index contributed by atoms with van der Waals surface area (Å²) in [7, 11) is 0. The molecule has 4 rings (SSSR count). The van der Waals surface area contributed by atoms with Crippen LogP contribution in [-0.2, 0) is 11.6 Å². The van der Waals surface area contributed by atoms with Crippen LogP contribution in [0.1, 0.15) is 58.6 Å². The van der Waals surface area contributed by atoms with E-state index < -0.39 is 23.2 Å². The van der Waals surface area contributed by atoms with Crippen molar-refractivity contribution in [3.8, 4) is 0 Å². The number of anilines is 1. The fraction of sp³-hybridized carbons (Fsp3) is 0.200. The van der Waals surface area contributed by atoms with Gasteiger partial charge in [0.1, 0.15) is 5.69 Å². The lowest BCUT2D eigenvalue weighted by molar-refractivity contribution is -0.142. The first-order valence-corrected chi connectivity index (χ1v) is 10.9. The van der Waals surface area contributed by atoms with E-state index in [9.17, 15) is 22.8 Å². The van der Waals surface area contributed by atoms with Crippen molar-refractivity contribution in [3.63, 3.8) is 0 Å². The van der Waals surface area contributed by atoms with Gasteiger partial charge in [0.15, 0.2) is 17.1 Å². The molecule has 4 aromatic rings. The Morgan fingerprint density at radius 2 is 1.66 bits per heavy atom. The van der Waals surface area contributed by atoms with E-state index in [4.69, 9.17) is 11.6 Å². The topological polar surface area (TPSA) is 76.4 Å². The highest BCUT2D eigenvalue weighted by Gasteiger charge is 2.36. The standard InChI is InChI=1S/C25H20ClF3N4O2/c1-24(2,3)19-13-20(25(27,28)29)33-21(31-19)12-18(32-33)23(35)30-17-10-9-15(26)11-16(17)22(34)14-7-5-4-6-8-14/h4-13H,1-3H3,(H,30,35). The van der Waals surface area contributed by atoms with Crippen LogP contribution >= 0.6 is 11.6 Å². The number of fused-ring (bicyclic) bond motifs is 1. The molecule has 2 aromatic heterocycles. The average molecular weight is 501 g/mol. The molecule has 0 unspecified atom stereocenters. The molecule has 2 heterocycles. The van der Waals surface area contributed by atoms with Crippen LogP contribution in [-0.4, -0.2) is 26.3 Å². The number of halogens is 4. The second-order valence-corrected chi connectivity index (χ2v) is 9.35. The minimum Gasteiger partial charge on any atom is -0.320 e. The Hall–Kier alpha value is -3.72. The average Bonchev–Trinajstić information content (AvgIpc) is 3.23. The maximum atomic E-state index is 13.7. The SMILES string of the molecule is CC(C)(C)c1cc(C(F)(F)F)n2nc(C(=O)Nc3ccc(Cl)cc3C(=O)c3ccccc3)cc2n1. The molecular weight excluding hydrogens is 481 g/mol. The summed E-state index contributed by atoms with van der Waals surface area (Å²) in [6.07, 6.45) is -4.72. The third-order valence-corrected chi connectivity index (χ3v) is 5.46. The summed E-state index contributed by atoms with van der Waals surface area (Å²) in [6.45, 7) is 5.21. The number of carbonyl (C=O) groups is 2. The molecule has 0 aliphatic rings. The minimum atomic E-state index is -4.72. The Balaban J connectivity index is 1.74. The van der Waals surface area contributed by atoms with E-state index in [2.05, 4.69) is 15.4 Å². The van der Waals surface area contributed by atoms with Crippen molar-refractivity contribution >= 4 is 34.6 Å². The smallest absolute Gasteiger partial charge is 0.320 e. The third kappa shape index (κ3) is 5.05. The molecule has 35 heavy (non-hydrogen) atoms. The van der Waals surface area contributed by atoms with Gasteiger partial charge in [-0.05, 0) is 24.3 Å². The van der Waals surface area contributed by atoms with E-state index in [1.807, 2.05) is 0 Å². The highest BCUT2D eigenvalue weighted by atomic mass is 35.5. The Bertz CT molecular complexity index is 1440. The lowest BCUT2D eigenvalue weighted by Gasteiger charge is -2.19. The third-order valence-electron chi connectivity index (χ3n) is 5.23. The first-order chi connectivity index (χ1) is 16.3. The van der Waals surface area contributed by atoms with Gasteiger partial charge in [-0.3, -0.25) is 9.59 Å². The number of nitrogens with zero attached hydrogens (tertiary/aromatic N) is 3. The summed E-state index contributed by atoms with van der Waals surface area (Å²) < 4.78 is 41.8. The monoisotopic (exact) mass is 500 g/mol. The van der Waals surface area contributed by atoms with Crippen molar-refractivity contribution in [1.29, 1.82) is 0 Å². The van der Waals surface area contributed by atoms with E-state index in [0.717, 1.165) is 6.07 Å². The van der Waals surface area contributed by atoms with Crippen molar-refractivity contribution < 1.29 is 22.8 Å². The van der Waals surface area contributed by atoms with E-state index >= 15 is 0 Å². The van der Waals surface area contributed by atoms with Crippen molar-refractivity contribution in [2.45, 2.75) is 32.4 Å². The number of hydrogen-bond acceptors (Lipinski definition) is 4. The largest absolute Gasteiger partial charge is 0.433 e. The van der Waals surface area contributed by atoms with Gasteiger partial charge in [0.25, 0.3) is 5.91 Å². The maximum Gasteiger partial charge on any atom is 0.433 e. The van der Waals surface area contributed by atoms with Gasteiger partial charge < -0.3 is 5.32 Å². The van der Waals surface area contributed by atoms with Crippen LogP contribution < -0.4 is 5.32 Å². The van der Waals surface area contributed by atoms with Gasteiger partial charge >= 0.3 is 6.18 Å². The second-order valence-electron chi connectivity index (χ2n) is 8.91. The van der Waals surface area contributed by atoms with Gasteiger partial charge in [-0.2, -0.15) is 18.3 Å². The minimum absolute atomic E-state index is 0.119. The molecule has 180 valence electrons. The van der Waals surface area contributed by atoms with Gasteiger partial charge in [-0.25, -0.2) is 9.50 Å². The lowest BCUT2D eigenvalue weighted by atomic mass is 9.91. The van der Waals surface area contributed by atoms with Crippen LogP contribution in [0.25, 0.3) is 5.65 Å². The number of ketones is 1. The van der Waals surface area contributed by atoms with Crippen molar-refractivity contribution in [2.75, 3.05) is 5.32 Å². The summed E-state index contributed by atoms with van der Waals surface area (Å²) in [5, 5.41) is 6.71. The van der Waals surface area contributed by atoms with Crippen LogP contribution in [0, 0.1) is 0 Å². The predicted octanol–water partition coefficient (Wildman–Crippen LogP) is 6.18. The van der Waals surface area contributed by atoms with E-state index in [-0.39, 0.29) is 39.1 Å². The van der Waals surface area contributed by atoms with Gasteiger partial charge in [0.2, 0.25) is 0 Å². The molecule has 10 heteroatoms. The summed E-state index contributed by atoms with van der Waals surface area (Å²) >= 11 is 6.07. The second kappa shape index (κ2) is 8.81. The van der Waals surface area contributed by atoms with Gasteiger partial charge in [0.05, 0.1) is 11.4 Å². The van der Waals surface area contributed by atoms with Crippen LogP contribution in [0.4, 0.5) is 18.9 Å². The number of hydrogen-bond donors (Lipinski definition) is 1. The zero-order chi connectivity index (χ0) is 25.5. The zero-order valence-electron chi connectivity index (χ0n) is 18.9. The zero-order valence-corrected chi connectivity index (χ0v) is 19.7. The number of rotatable bonds is 4. The molecule has 1 N–H and O–H groups in total. The number of nitrogens with one attached hydrogen (secondary N) is 1. The fourth-order valence-corrected chi connectivity index (χ4v) is 3.59. The quantitative estimate of drug-likeness (QED) is 0.339. The molecular formula is C25H20ClF3N4O2. The summed E-state index contributed by atoms with van der Waals surface area (Å²) in [6, 6.07) is 14.8. The summed E-state index contributed by atoms with van der Waals surface area (Å²) in [5.74, 6) is -1.18. The molecule has 0 aliphatic carbocycles. The Morgan fingerprint density at radius 3 is 2.29 bits per heavy atom. The van der Waals surface area contributed by atoms with Crippen LogP contribution in [0.3, 0.4) is 0 Å². The fourth-order valence-electron chi connectivity index (χ4n) is 3.42. The van der Waals surface area contributed by atoms with Gasteiger partial charge in [-0.15, -0.1) is 0 Å². The lowest BCUT2D eigenvalue weighted by Crippen LogP contribution is -2.20. The molecule has 1 amide bonds. The van der Waals surface area contributed by atoms with Crippen molar-refractivity contribution in [1.82, 2.24) is 14.6 Å². The predicted molar refractivity (Wildman–Crippen MR) is 126 cm³/mol. The highest BCUT2D eigenvalue weighted by Crippen LogP contribution is 2.33. The normalized spacial score (nSPS) is 12.1. The molecule has 0 atom stereocenters. The first-order valence-electron chi connectivity index (χ1n) is 10.5. The maximum absolute atomic E-state index is 13.7. The Labute approximate surface area is 203 Å². The summed E-state index contributed by atoms with van der Waals surface area (Å²) in [4.78, 5) is 30.3. The molecule has 0 aliphatic heterocycles. The summed E-state index contributed by atoms with van der Waals surface area (Å²) in [5.41, 5.74) is -1.25. The van der Waals surface area contributed by atoms with Gasteiger partial charge in [-0.1, -0.05) is 62.7 Å². The van der Waals surface area contributed by atoms with E-state index in [1.54, 1.807) is 51.1 Å².